The summed E-state index contributed by atoms with van der Waals surface area (Å²) in [6.45, 7) is 3.45. The molecule has 138 valence electrons. The largest absolute Gasteiger partial charge is 0.493 e. The topological polar surface area (TPSA) is 75.3 Å². The van der Waals surface area contributed by atoms with Crippen LogP contribution in [0.1, 0.15) is 24.2 Å². The van der Waals surface area contributed by atoms with Crippen LogP contribution in [-0.2, 0) is 11.2 Å². The van der Waals surface area contributed by atoms with Gasteiger partial charge in [-0.15, -0.1) is 0 Å². The summed E-state index contributed by atoms with van der Waals surface area (Å²) in [4.78, 5) is 32.9. The smallest absolute Gasteiger partial charge is 0.254 e. The van der Waals surface area contributed by atoms with Gasteiger partial charge in [0.2, 0.25) is 5.91 Å². The minimum atomic E-state index is -0.299. The lowest BCUT2D eigenvalue weighted by Crippen LogP contribution is -2.42. The molecule has 1 amide bonds. The molecule has 0 radical (unpaired) electrons. The van der Waals surface area contributed by atoms with Crippen LogP contribution >= 0.6 is 0 Å². The molecule has 1 atom stereocenters. The number of hydrogen-bond donors (Lipinski definition) is 1. The average Bonchev–Trinajstić information content (AvgIpc) is 2.64. The van der Waals surface area contributed by atoms with Crippen LogP contribution in [0.2, 0.25) is 0 Å². The number of aromatic nitrogens is 2. The van der Waals surface area contributed by atoms with Crippen molar-refractivity contribution in [3.63, 3.8) is 0 Å². The molecular formula is C19H22FN3O3. The molecule has 1 N–H and O–H groups in total. The van der Waals surface area contributed by atoms with Crippen molar-refractivity contribution in [2.75, 3.05) is 19.7 Å². The first-order valence-corrected chi connectivity index (χ1v) is 8.72. The number of rotatable bonds is 5. The van der Waals surface area contributed by atoms with E-state index in [9.17, 15) is 14.0 Å². The third-order valence-corrected chi connectivity index (χ3v) is 4.51. The zero-order chi connectivity index (χ0) is 18.5. The van der Waals surface area contributed by atoms with Crippen LogP contribution in [0.25, 0.3) is 0 Å². The first kappa shape index (κ1) is 18.1. The Labute approximate surface area is 151 Å². The minimum absolute atomic E-state index is 0.0498. The lowest BCUT2D eigenvalue weighted by molar-refractivity contribution is -0.132. The summed E-state index contributed by atoms with van der Waals surface area (Å²) in [7, 11) is 0. The van der Waals surface area contributed by atoms with Crippen molar-refractivity contribution >= 4 is 5.91 Å². The zero-order valence-electron chi connectivity index (χ0n) is 14.7. The van der Waals surface area contributed by atoms with Crippen molar-refractivity contribution in [1.29, 1.82) is 0 Å². The van der Waals surface area contributed by atoms with Gasteiger partial charge >= 0.3 is 0 Å². The van der Waals surface area contributed by atoms with Crippen molar-refractivity contribution in [3.8, 4) is 5.75 Å². The molecule has 0 bridgehead atoms. The molecule has 1 fully saturated rings. The fraction of sp³-hybridized carbons (Fsp3) is 0.421. The van der Waals surface area contributed by atoms with Gasteiger partial charge in [0, 0.05) is 30.8 Å². The number of ether oxygens (including phenoxy) is 1. The molecule has 1 aromatic heterocycles. The van der Waals surface area contributed by atoms with E-state index in [1.54, 1.807) is 24.0 Å². The molecule has 0 spiro atoms. The number of nitrogens with zero attached hydrogens (tertiary/aromatic N) is 2. The number of halogens is 1. The Kier molecular flexibility index (Phi) is 5.65. The summed E-state index contributed by atoms with van der Waals surface area (Å²) in [5.41, 5.74) is 0.115. The number of H-pyrrole nitrogens is 1. The summed E-state index contributed by atoms with van der Waals surface area (Å²) < 4.78 is 18.6. The number of aromatic amines is 1. The quantitative estimate of drug-likeness (QED) is 0.887. The molecular weight excluding hydrogens is 337 g/mol. The summed E-state index contributed by atoms with van der Waals surface area (Å²) >= 11 is 0. The van der Waals surface area contributed by atoms with Crippen molar-refractivity contribution in [3.05, 3.63) is 58.0 Å². The Hall–Kier alpha value is -2.70. The van der Waals surface area contributed by atoms with Crippen LogP contribution in [0.4, 0.5) is 4.39 Å². The van der Waals surface area contributed by atoms with Crippen LogP contribution < -0.4 is 10.3 Å². The second-order valence-electron chi connectivity index (χ2n) is 6.61. The van der Waals surface area contributed by atoms with Gasteiger partial charge < -0.3 is 14.6 Å². The van der Waals surface area contributed by atoms with Gasteiger partial charge in [0.15, 0.2) is 0 Å². The van der Waals surface area contributed by atoms with Crippen molar-refractivity contribution in [2.24, 2.45) is 5.92 Å². The molecule has 2 heterocycles. The maximum absolute atomic E-state index is 12.9. The van der Waals surface area contributed by atoms with Crippen LogP contribution in [0.3, 0.4) is 0 Å². The molecule has 6 nitrogen and oxygen atoms in total. The van der Waals surface area contributed by atoms with Gasteiger partial charge in [0.25, 0.3) is 5.56 Å². The average molecular weight is 359 g/mol. The summed E-state index contributed by atoms with van der Waals surface area (Å²) in [5.74, 6) is 0.987. The molecule has 26 heavy (non-hydrogen) atoms. The molecule has 0 aliphatic carbocycles. The predicted molar refractivity (Wildman–Crippen MR) is 94.5 cm³/mol. The molecule has 1 aromatic carbocycles. The summed E-state index contributed by atoms with van der Waals surface area (Å²) in [6.07, 6.45) is 3.38. The van der Waals surface area contributed by atoms with E-state index in [0.717, 1.165) is 12.8 Å². The monoisotopic (exact) mass is 359 g/mol. The Bertz CT molecular complexity index is 820. The number of amides is 1. The first-order chi connectivity index (χ1) is 12.5. The molecule has 1 aliphatic heterocycles. The molecule has 0 unspecified atom stereocenters. The molecule has 2 aromatic rings. The van der Waals surface area contributed by atoms with Gasteiger partial charge in [-0.25, -0.2) is 9.37 Å². The van der Waals surface area contributed by atoms with Crippen molar-refractivity contribution < 1.29 is 13.9 Å². The van der Waals surface area contributed by atoms with Gasteiger partial charge in [-0.3, -0.25) is 9.59 Å². The predicted octanol–water partition coefficient (Wildman–Crippen LogP) is 2.08. The van der Waals surface area contributed by atoms with E-state index >= 15 is 0 Å². The third-order valence-electron chi connectivity index (χ3n) is 4.51. The normalized spacial score (nSPS) is 17.2. The maximum Gasteiger partial charge on any atom is 0.254 e. The molecule has 3 rings (SSSR count). The highest BCUT2D eigenvalue weighted by Gasteiger charge is 2.24. The van der Waals surface area contributed by atoms with Gasteiger partial charge in [0.1, 0.15) is 17.4 Å². The number of aryl methyl sites for hydroxylation is 1. The van der Waals surface area contributed by atoms with Gasteiger partial charge in [-0.2, -0.15) is 0 Å². The van der Waals surface area contributed by atoms with Crippen LogP contribution in [0.15, 0.2) is 35.3 Å². The van der Waals surface area contributed by atoms with Crippen molar-refractivity contribution in [1.82, 2.24) is 14.9 Å². The molecule has 1 saturated heterocycles. The van der Waals surface area contributed by atoms with E-state index < -0.39 is 0 Å². The van der Waals surface area contributed by atoms with E-state index in [0.29, 0.717) is 36.8 Å². The Morgan fingerprint density at radius 2 is 2.15 bits per heavy atom. The second-order valence-corrected chi connectivity index (χ2v) is 6.61. The number of benzene rings is 1. The molecule has 7 heteroatoms. The number of hydrogen-bond acceptors (Lipinski definition) is 4. The highest BCUT2D eigenvalue weighted by molar-refractivity contribution is 5.78. The van der Waals surface area contributed by atoms with Gasteiger partial charge in [0.05, 0.1) is 13.0 Å². The Morgan fingerprint density at radius 3 is 2.88 bits per heavy atom. The maximum atomic E-state index is 12.9. The van der Waals surface area contributed by atoms with E-state index in [1.165, 1.54) is 18.3 Å². The van der Waals surface area contributed by atoms with E-state index in [-0.39, 0.29) is 29.6 Å². The van der Waals surface area contributed by atoms with E-state index in [1.807, 2.05) is 0 Å². The van der Waals surface area contributed by atoms with Crippen molar-refractivity contribution in [2.45, 2.75) is 26.2 Å². The minimum Gasteiger partial charge on any atom is -0.493 e. The highest BCUT2D eigenvalue weighted by atomic mass is 19.1. The zero-order valence-corrected chi connectivity index (χ0v) is 14.7. The number of nitrogens with one attached hydrogen (secondary N) is 1. The number of likely N-dealkylation sites (tertiary alicyclic amines) is 1. The third kappa shape index (κ3) is 4.68. The number of piperidine rings is 1. The first-order valence-electron chi connectivity index (χ1n) is 8.72. The summed E-state index contributed by atoms with van der Waals surface area (Å²) in [6, 6.07) is 5.91. The van der Waals surface area contributed by atoms with Gasteiger partial charge in [-0.1, -0.05) is 0 Å². The lowest BCUT2D eigenvalue weighted by atomic mass is 9.98. The van der Waals surface area contributed by atoms with E-state index in [4.69, 9.17) is 4.74 Å². The SMILES string of the molecule is Cc1ncc(CC(=O)N2CCC[C@H](COc3ccc(F)cc3)C2)c(=O)[nH]1. The van der Waals surface area contributed by atoms with Crippen LogP contribution in [0.5, 0.6) is 5.75 Å². The number of carbonyl (C=O) groups is 1. The summed E-state index contributed by atoms with van der Waals surface area (Å²) in [5, 5.41) is 0. The second kappa shape index (κ2) is 8.12. The lowest BCUT2D eigenvalue weighted by Gasteiger charge is -2.32. The molecule has 0 saturated carbocycles. The van der Waals surface area contributed by atoms with E-state index in [2.05, 4.69) is 9.97 Å². The van der Waals surface area contributed by atoms with Crippen LogP contribution in [0, 0.1) is 18.7 Å². The standard InChI is InChI=1S/C19H22FN3O3/c1-13-21-10-15(19(25)22-13)9-18(24)23-8-2-3-14(11-23)12-26-17-6-4-16(20)5-7-17/h4-7,10,14H,2-3,8-9,11-12H2,1H3,(H,21,22,25)/t14-/m0/s1. The Morgan fingerprint density at radius 1 is 1.38 bits per heavy atom. The Balaban J connectivity index is 1.54. The fourth-order valence-electron chi connectivity index (χ4n) is 3.08. The molecule has 1 aliphatic rings. The highest BCUT2D eigenvalue weighted by Crippen LogP contribution is 2.19. The number of carbonyl (C=O) groups excluding carboxylic acids is 1. The van der Waals surface area contributed by atoms with Gasteiger partial charge in [-0.05, 0) is 44.0 Å². The fourth-order valence-corrected chi connectivity index (χ4v) is 3.08. The van der Waals surface area contributed by atoms with Crippen LogP contribution in [-0.4, -0.2) is 40.5 Å².